The zero-order valence-electron chi connectivity index (χ0n) is 12.3. The molecule has 0 radical (unpaired) electrons. The first-order valence-corrected chi connectivity index (χ1v) is 7.91. The van der Waals surface area contributed by atoms with Crippen LogP contribution in [0.1, 0.15) is 36.8 Å². The van der Waals surface area contributed by atoms with Crippen molar-refractivity contribution in [3.8, 4) is 6.07 Å². The molecule has 0 aliphatic carbocycles. The molecule has 3 nitrogen and oxygen atoms in total. The van der Waals surface area contributed by atoms with Crippen LogP contribution >= 0.6 is 0 Å². The summed E-state index contributed by atoms with van der Waals surface area (Å²) in [6.07, 6.45) is 5.00. The smallest absolute Gasteiger partial charge is 0.145 e. The van der Waals surface area contributed by atoms with E-state index in [9.17, 15) is 4.39 Å². The highest BCUT2D eigenvalue weighted by atomic mass is 19.1. The summed E-state index contributed by atoms with van der Waals surface area (Å²) in [5, 5.41) is 12.5. The number of piperidine rings is 1. The molecule has 0 spiro atoms. The van der Waals surface area contributed by atoms with Crippen LogP contribution in [0.15, 0.2) is 18.2 Å². The summed E-state index contributed by atoms with van der Waals surface area (Å²) in [5.74, 6) is 0.429. The fourth-order valence-electron chi connectivity index (χ4n) is 3.66. The van der Waals surface area contributed by atoms with E-state index in [1.54, 1.807) is 12.1 Å². The molecule has 21 heavy (non-hydrogen) atoms. The van der Waals surface area contributed by atoms with E-state index in [2.05, 4.69) is 10.2 Å². The second-order valence-electron chi connectivity index (χ2n) is 6.21. The maximum absolute atomic E-state index is 14.1. The van der Waals surface area contributed by atoms with E-state index < -0.39 is 0 Å². The highest BCUT2D eigenvalue weighted by Crippen LogP contribution is 2.26. The lowest BCUT2D eigenvalue weighted by atomic mass is 9.88. The maximum Gasteiger partial charge on any atom is 0.145 e. The number of rotatable bonds is 3. The standard InChI is InChI=1S/C17H22FN3/c18-17-14(11-19)3-1-4-15(17)12-21-9-6-13(7-10-21)16-5-2-8-20-16/h1,3-4,13,16,20H,2,5-10,12H2. The van der Waals surface area contributed by atoms with Gasteiger partial charge in [0.1, 0.15) is 11.9 Å². The molecule has 1 aromatic rings. The molecule has 2 saturated heterocycles. The summed E-state index contributed by atoms with van der Waals surface area (Å²) in [6.45, 7) is 3.83. The minimum Gasteiger partial charge on any atom is -0.314 e. The van der Waals surface area contributed by atoms with Crippen LogP contribution in [0.4, 0.5) is 4.39 Å². The number of likely N-dealkylation sites (tertiary alicyclic amines) is 1. The highest BCUT2D eigenvalue weighted by Gasteiger charge is 2.28. The second-order valence-corrected chi connectivity index (χ2v) is 6.21. The predicted octanol–water partition coefficient (Wildman–Crippen LogP) is 2.66. The van der Waals surface area contributed by atoms with Crippen molar-refractivity contribution in [1.29, 1.82) is 5.26 Å². The van der Waals surface area contributed by atoms with Gasteiger partial charge in [0.25, 0.3) is 0 Å². The normalized spacial score (nSPS) is 24.1. The number of hydrogen-bond acceptors (Lipinski definition) is 3. The lowest BCUT2D eigenvalue weighted by Crippen LogP contribution is -2.40. The van der Waals surface area contributed by atoms with Crippen molar-refractivity contribution in [3.63, 3.8) is 0 Å². The van der Waals surface area contributed by atoms with E-state index in [1.165, 1.54) is 31.7 Å². The van der Waals surface area contributed by atoms with E-state index in [4.69, 9.17) is 5.26 Å². The Morgan fingerprint density at radius 3 is 2.76 bits per heavy atom. The van der Waals surface area contributed by atoms with Crippen molar-refractivity contribution in [2.45, 2.75) is 38.3 Å². The van der Waals surface area contributed by atoms with E-state index >= 15 is 0 Å². The number of halogens is 1. The van der Waals surface area contributed by atoms with Crippen LogP contribution < -0.4 is 5.32 Å². The van der Waals surface area contributed by atoms with Crippen LogP contribution in [0, 0.1) is 23.1 Å². The number of nitrogens with zero attached hydrogens (tertiary/aromatic N) is 2. The SMILES string of the molecule is N#Cc1cccc(CN2CCC(C3CCCN3)CC2)c1F. The van der Waals surface area contributed by atoms with Crippen LogP contribution in [0.2, 0.25) is 0 Å². The molecule has 0 amide bonds. The molecule has 3 rings (SSSR count). The van der Waals surface area contributed by atoms with Crippen molar-refractivity contribution in [3.05, 3.63) is 35.1 Å². The van der Waals surface area contributed by atoms with E-state index in [1.807, 2.05) is 6.07 Å². The summed E-state index contributed by atoms with van der Waals surface area (Å²) in [4.78, 5) is 2.31. The number of nitriles is 1. The largest absolute Gasteiger partial charge is 0.314 e. The van der Waals surface area contributed by atoms with Gasteiger partial charge < -0.3 is 5.32 Å². The van der Waals surface area contributed by atoms with Crippen LogP contribution in [0.3, 0.4) is 0 Å². The summed E-state index contributed by atoms with van der Waals surface area (Å²) >= 11 is 0. The molecule has 1 unspecified atom stereocenters. The summed E-state index contributed by atoms with van der Waals surface area (Å²) in [5.41, 5.74) is 0.795. The van der Waals surface area contributed by atoms with E-state index in [0.717, 1.165) is 25.6 Å². The Morgan fingerprint density at radius 2 is 2.10 bits per heavy atom. The van der Waals surface area contributed by atoms with E-state index in [0.29, 0.717) is 18.2 Å². The average Bonchev–Trinajstić information content (AvgIpc) is 3.04. The van der Waals surface area contributed by atoms with E-state index in [-0.39, 0.29) is 11.4 Å². The first-order chi connectivity index (χ1) is 10.3. The van der Waals surface area contributed by atoms with Crippen molar-refractivity contribution in [2.75, 3.05) is 19.6 Å². The molecule has 2 aliphatic rings. The topological polar surface area (TPSA) is 39.1 Å². The number of nitrogens with one attached hydrogen (secondary N) is 1. The molecule has 0 aromatic heterocycles. The third kappa shape index (κ3) is 3.25. The van der Waals surface area contributed by atoms with Crippen molar-refractivity contribution >= 4 is 0 Å². The molecule has 4 heteroatoms. The Balaban J connectivity index is 1.57. The molecule has 2 heterocycles. The van der Waals surface area contributed by atoms with Crippen LogP contribution in [-0.2, 0) is 6.54 Å². The first kappa shape index (κ1) is 14.5. The summed E-state index contributed by atoms with van der Waals surface area (Å²) in [7, 11) is 0. The zero-order chi connectivity index (χ0) is 14.7. The molecule has 112 valence electrons. The van der Waals surface area contributed by atoms with Gasteiger partial charge in [-0.25, -0.2) is 4.39 Å². The van der Waals surface area contributed by atoms with Gasteiger partial charge in [-0.05, 0) is 57.3 Å². The Labute approximate surface area is 125 Å². The fourth-order valence-corrected chi connectivity index (χ4v) is 3.66. The predicted molar refractivity (Wildman–Crippen MR) is 80.1 cm³/mol. The number of hydrogen-bond donors (Lipinski definition) is 1. The average molecular weight is 287 g/mol. The molecule has 2 fully saturated rings. The Morgan fingerprint density at radius 1 is 1.29 bits per heavy atom. The lowest BCUT2D eigenvalue weighted by molar-refractivity contribution is 0.156. The Hall–Kier alpha value is -1.44. The summed E-state index contributed by atoms with van der Waals surface area (Å²) in [6, 6.07) is 7.72. The first-order valence-electron chi connectivity index (χ1n) is 7.91. The van der Waals surface area contributed by atoms with Gasteiger partial charge in [0, 0.05) is 18.2 Å². The quantitative estimate of drug-likeness (QED) is 0.929. The zero-order valence-corrected chi connectivity index (χ0v) is 12.3. The van der Waals surface area contributed by atoms with Gasteiger partial charge in [0.15, 0.2) is 0 Å². The fraction of sp³-hybridized carbons (Fsp3) is 0.588. The van der Waals surface area contributed by atoms with Gasteiger partial charge in [0.2, 0.25) is 0 Å². The molecule has 1 aromatic carbocycles. The molecule has 1 N–H and O–H groups in total. The van der Waals surface area contributed by atoms with Gasteiger partial charge in [-0.2, -0.15) is 5.26 Å². The Kier molecular flexibility index (Phi) is 4.52. The molecule has 0 bridgehead atoms. The third-order valence-corrected chi connectivity index (χ3v) is 4.89. The lowest BCUT2D eigenvalue weighted by Gasteiger charge is -2.35. The second kappa shape index (κ2) is 6.55. The van der Waals surface area contributed by atoms with Gasteiger partial charge >= 0.3 is 0 Å². The molecule has 1 atom stereocenters. The minimum atomic E-state index is -0.348. The van der Waals surface area contributed by atoms with Gasteiger partial charge in [-0.1, -0.05) is 12.1 Å². The molecule has 2 aliphatic heterocycles. The molecule has 0 saturated carbocycles. The van der Waals surface area contributed by atoms with Crippen molar-refractivity contribution < 1.29 is 4.39 Å². The van der Waals surface area contributed by atoms with Crippen LogP contribution in [-0.4, -0.2) is 30.6 Å². The minimum absolute atomic E-state index is 0.151. The van der Waals surface area contributed by atoms with Crippen molar-refractivity contribution in [1.82, 2.24) is 10.2 Å². The van der Waals surface area contributed by atoms with Crippen LogP contribution in [0.25, 0.3) is 0 Å². The molecular formula is C17H22FN3. The monoisotopic (exact) mass is 287 g/mol. The maximum atomic E-state index is 14.1. The Bertz CT molecular complexity index is 523. The molecular weight excluding hydrogens is 265 g/mol. The highest BCUT2D eigenvalue weighted by molar-refractivity contribution is 5.34. The number of benzene rings is 1. The van der Waals surface area contributed by atoms with Crippen LogP contribution in [0.5, 0.6) is 0 Å². The van der Waals surface area contributed by atoms with Gasteiger partial charge in [0.05, 0.1) is 5.56 Å². The van der Waals surface area contributed by atoms with Crippen molar-refractivity contribution in [2.24, 2.45) is 5.92 Å². The third-order valence-electron chi connectivity index (χ3n) is 4.89. The van der Waals surface area contributed by atoms with Gasteiger partial charge in [-0.3, -0.25) is 4.90 Å². The summed E-state index contributed by atoms with van der Waals surface area (Å²) < 4.78 is 14.1. The van der Waals surface area contributed by atoms with Gasteiger partial charge in [-0.15, -0.1) is 0 Å².